The molecule has 3 aromatic rings. The van der Waals surface area contributed by atoms with Crippen LogP contribution in [0.1, 0.15) is 47.2 Å². The van der Waals surface area contributed by atoms with Crippen molar-refractivity contribution in [2.45, 2.75) is 32.7 Å². The third-order valence-corrected chi connectivity index (χ3v) is 4.27. The van der Waals surface area contributed by atoms with Crippen LogP contribution >= 0.6 is 0 Å². The Morgan fingerprint density at radius 1 is 1.11 bits per heavy atom. The Morgan fingerprint density at radius 2 is 1.89 bits per heavy atom. The first-order chi connectivity index (χ1) is 13.1. The summed E-state index contributed by atoms with van der Waals surface area (Å²) < 4.78 is 6.46. The van der Waals surface area contributed by atoms with Crippen molar-refractivity contribution in [3.63, 3.8) is 0 Å². The maximum absolute atomic E-state index is 12.6. The first-order valence-electron chi connectivity index (χ1n) is 8.95. The van der Waals surface area contributed by atoms with Crippen LogP contribution in [0.2, 0.25) is 0 Å². The van der Waals surface area contributed by atoms with E-state index in [0.717, 1.165) is 19.3 Å². The van der Waals surface area contributed by atoms with Crippen LogP contribution in [0.4, 0.5) is 0 Å². The summed E-state index contributed by atoms with van der Waals surface area (Å²) in [7, 11) is 0. The van der Waals surface area contributed by atoms with Crippen molar-refractivity contribution in [1.29, 1.82) is 0 Å². The summed E-state index contributed by atoms with van der Waals surface area (Å²) >= 11 is 0. The highest BCUT2D eigenvalue weighted by Gasteiger charge is 2.19. The van der Waals surface area contributed by atoms with Crippen LogP contribution in [-0.2, 0) is 11.3 Å². The number of aromatic amines is 1. The van der Waals surface area contributed by atoms with Gasteiger partial charge in [-0.2, -0.15) is 5.10 Å². The fourth-order valence-corrected chi connectivity index (χ4v) is 2.83. The van der Waals surface area contributed by atoms with Crippen molar-refractivity contribution in [2.75, 3.05) is 6.61 Å². The molecule has 7 nitrogen and oxygen atoms in total. The molecule has 2 heterocycles. The topological polar surface area (TPSA) is 94.1 Å². The molecule has 140 valence electrons. The number of aryl methyl sites for hydroxylation is 1. The number of ketones is 1. The maximum atomic E-state index is 12.6. The molecule has 0 fully saturated rings. The molecule has 2 aromatic heterocycles. The van der Waals surface area contributed by atoms with Crippen molar-refractivity contribution in [1.82, 2.24) is 14.8 Å². The highest BCUT2D eigenvalue weighted by Crippen LogP contribution is 2.15. The van der Waals surface area contributed by atoms with E-state index in [1.807, 2.05) is 0 Å². The molecule has 0 aliphatic rings. The number of nitrogens with one attached hydrogen (secondary N) is 1. The summed E-state index contributed by atoms with van der Waals surface area (Å²) in [6.07, 6.45) is 4.39. The second-order valence-corrected chi connectivity index (χ2v) is 6.21. The number of carbonyl (C=O) groups excluding carboxylic acids is 2. The van der Waals surface area contributed by atoms with Crippen molar-refractivity contribution in [3.05, 3.63) is 64.3 Å². The molecule has 0 saturated heterocycles. The van der Waals surface area contributed by atoms with Gasteiger partial charge in [-0.05, 0) is 24.6 Å². The fourth-order valence-electron chi connectivity index (χ4n) is 2.83. The Bertz CT molecular complexity index is 1010. The maximum Gasteiger partial charge on any atom is 0.359 e. The van der Waals surface area contributed by atoms with E-state index in [-0.39, 0.29) is 17.0 Å². The van der Waals surface area contributed by atoms with E-state index in [2.05, 4.69) is 17.0 Å². The number of rotatable bonds is 8. The van der Waals surface area contributed by atoms with Gasteiger partial charge in [-0.15, -0.1) is 0 Å². The molecule has 0 saturated carbocycles. The number of H-pyrrole nitrogens is 1. The zero-order valence-corrected chi connectivity index (χ0v) is 15.1. The number of esters is 1. The number of aromatic nitrogens is 3. The predicted molar refractivity (Wildman–Crippen MR) is 101 cm³/mol. The van der Waals surface area contributed by atoms with Gasteiger partial charge in [0.25, 0.3) is 5.56 Å². The molecular formula is C20H21N3O4. The minimum Gasteiger partial charge on any atom is -0.452 e. The number of Topliss-reactive ketones (excluding diaryl/α,β-unsaturated/α-hetero) is 1. The van der Waals surface area contributed by atoms with Crippen LogP contribution in [0.5, 0.6) is 0 Å². The largest absolute Gasteiger partial charge is 0.452 e. The molecule has 0 radical (unpaired) electrons. The van der Waals surface area contributed by atoms with Gasteiger partial charge < -0.3 is 9.72 Å². The number of benzene rings is 1. The molecule has 0 amide bonds. The van der Waals surface area contributed by atoms with Gasteiger partial charge in [0.15, 0.2) is 12.3 Å². The first kappa shape index (κ1) is 18.6. The van der Waals surface area contributed by atoms with Gasteiger partial charge in [-0.1, -0.05) is 38.0 Å². The Kier molecular flexibility index (Phi) is 5.80. The second kappa shape index (κ2) is 8.44. The molecule has 0 spiro atoms. The number of unbranched alkanes of at least 4 members (excludes halogenated alkanes) is 2. The number of fused-ring (bicyclic) bond motifs is 1. The Balaban J connectivity index is 1.87. The first-order valence-corrected chi connectivity index (χ1v) is 8.95. The predicted octanol–water partition coefficient (Wildman–Crippen LogP) is 2.95. The summed E-state index contributed by atoms with van der Waals surface area (Å²) in [5, 5.41) is 5.06. The summed E-state index contributed by atoms with van der Waals surface area (Å²) in [6, 6.07) is 10.1. The number of hydrogen-bond acceptors (Lipinski definition) is 5. The van der Waals surface area contributed by atoms with E-state index in [4.69, 9.17) is 4.74 Å². The zero-order valence-electron chi connectivity index (χ0n) is 15.1. The van der Waals surface area contributed by atoms with Crippen LogP contribution in [0.3, 0.4) is 0 Å². The second-order valence-electron chi connectivity index (χ2n) is 6.21. The van der Waals surface area contributed by atoms with Gasteiger partial charge in [-0.25, -0.2) is 9.48 Å². The highest BCUT2D eigenvalue weighted by atomic mass is 16.5. The minimum atomic E-state index is -0.727. The molecule has 0 aliphatic heterocycles. The number of nitrogens with zero attached hydrogens (tertiary/aromatic N) is 2. The van der Waals surface area contributed by atoms with Crippen LogP contribution in [-0.4, -0.2) is 33.1 Å². The molecular weight excluding hydrogens is 346 g/mol. The molecule has 0 aliphatic carbocycles. The monoisotopic (exact) mass is 367 g/mol. The third-order valence-electron chi connectivity index (χ3n) is 4.27. The summed E-state index contributed by atoms with van der Waals surface area (Å²) in [4.78, 5) is 40.0. The molecule has 27 heavy (non-hydrogen) atoms. The normalized spacial score (nSPS) is 10.9. The highest BCUT2D eigenvalue weighted by molar-refractivity contribution is 6.03. The molecule has 1 N–H and O–H groups in total. The lowest BCUT2D eigenvalue weighted by Gasteiger charge is -2.10. The summed E-state index contributed by atoms with van der Waals surface area (Å²) in [5.74, 6) is -1.07. The molecule has 0 unspecified atom stereocenters. The van der Waals surface area contributed by atoms with E-state index < -0.39 is 12.6 Å². The average molecular weight is 367 g/mol. The van der Waals surface area contributed by atoms with Crippen LogP contribution in [0.15, 0.2) is 47.4 Å². The zero-order chi connectivity index (χ0) is 19.2. The van der Waals surface area contributed by atoms with Crippen molar-refractivity contribution in [3.8, 4) is 0 Å². The van der Waals surface area contributed by atoms with Crippen LogP contribution in [0, 0.1) is 0 Å². The average Bonchev–Trinajstić information content (AvgIpc) is 3.23. The quantitative estimate of drug-likeness (QED) is 0.375. The van der Waals surface area contributed by atoms with Gasteiger partial charge in [0.1, 0.15) is 0 Å². The van der Waals surface area contributed by atoms with Gasteiger partial charge in [0, 0.05) is 18.1 Å². The molecule has 0 atom stereocenters. The van der Waals surface area contributed by atoms with E-state index >= 15 is 0 Å². The van der Waals surface area contributed by atoms with E-state index in [9.17, 15) is 14.4 Å². The molecule has 0 bridgehead atoms. The third kappa shape index (κ3) is 4.13. The SMILES string of the molecule is CCCCCn1nc(C(=O)OCC(=O)c2ccc[nH]2)c2ccccc2c1=O. The van der Waals surface area contributed by atoms with Crippen LogP contribution < -0.4 is 5.56 Å². The van der Waals surface area contributed by atoms with E-state index in [0.29, 0.717) is 23.0 Å². The summed E-state index contributed by atoms with van der Waals surface area (Å²) in [6.45, 7) is 2.10. The fraction of sp³-hybridized carbons (Fsp3) is 0.300. The lowest BCUT2D eigenvalue weighted by molar-refractivity contribution is 0.0467. The van der Waals surface area contributed by atoms with Crippen molar-refractivity contribution in [2.24, 2.45) is 0 Å². The Labute approximate surface area is 156 Å². The minimum absolute atomic E-state index is 0.0426. The summed E-state index contributed by atoms with van der Waals surface area (Å²) in [5.41, 5.74) is 0.173. The Hall–Kier alpha value is -3.22. The number of carbonyl (C=O) groups is 2. The Morgan fingerprint density at radius 3 is 2.59 bits per heavy atom. The smallest absolute Gasteiger partial charge is 0.359 e. The number of ether oxygens (including phenoxy) is 1. The van der Waals surface area contributed by atoms with Gasteiger partial charge in [0.2, 0.25) is 5.78 Å². The molecule has 1 aromatic carbocycles. The molecule has 3 rings (SSSR count). The van der Waals surface area contributed by atoms with Crippen molar-refractivity contribution >= 4 is 22.5 Å². The lowest BCUT2D eigenvalue weighted by Crippen LogP contribution is -2.27. The number of hydrogen-bond donors (Lipinski definition) is 1. The van der Waals surface area contributed by atoms with Gasteiger partial charge in [0.05, 0.1) is 11.1 Å². The lowest BCUT2D eigenvalue weighted by atomic mass is 10.1. The van der Waals surface area contributed by atoms with E-state index in [1.54, 1.807) is 42.6 Å². The van der Waals surface area contributed by atoms with Crippen molar-refractivity contribution < 1.29 is 14.3 Å². The van der Waals surface area contributed by atoms with Crippen LogP contribution in [0.25, 0.3) is 10.8 Å². The standard InChI is InChI=1S/C20H21N3O4/c1-2-3-6-12-23-19(25)15-9-5-4-8-14(15)18(22-23)20(26)27-13-17(24)16-10-7-11-21-16/h4-5,7-11,21H,2-3,6,12-13H2,1H3. The van der Waals surface area contributed by atoms with Gasteiger partial charge >= 0.3 is 5.97 Å². The molecule has 7 heteroatoms. The van der Waals surface area contributed by atoms with E-state index in [1.165, 1.54) is 4.68 Å². The van der Waals surface area contributed by atoms with Gasteiger partial charge in [-0.3, -0.25) is 9.59 Å².